The first-order valence-electron chi connectivity index (χ1n) is 7.91. The van der Waals surface area contributed by atoms with Crippen molar-refractivity contribution in [3.8, 4) is 11.3 Å². The standard InChI is InChI=1S/C19H12IN3O3S/c20-13-7-5-11(6-8-13)17(24)22-23-19-21-15(10-27-19)14-9-12-3-1-2-4-16(12)26-18(14)25/h1-10H,(H,21,23)(H,22,24). The van der Waals surface area contributed by atoms with Gasteiger partial charge in [-0.1, -0.05) is 18.2 Å². The van der Waals surface area contributed by atoms with Gasteiger partial charge in [0.05, 0.1) is 11.3 Å². The van der Waals surface area contributed by atoms with Crippen LogP contribution in [0.5, 0.6) is 0 Å². The molecular formula is C19H12IN3O3S. The number of hydrazine groups is 1. The molecule has 27 heavy (non-hydrogen) atoms. The number of carbonyl (C=O) groups excluding carboxylic acids is 1. The van der Waals surface area contributed by atoms with Crippen LogP contribution in [0.3, 0.4) is 0 Å². The van der Waals surface area contributed by atoms with Gasteiger partial charge in [0.15, 0.2) is 0 Å². The molecule has 1 amide bonds. The summed E-state index contributed by atoms with van der Waals surface area (Å²) >= 11 is 3.46. The molecule has 0 saturated carbocycles. The molecule has 4 aromatic rings. The summed E-state index contributed by atoms with van der Waals surface area (Å²) in [5.41, 5.74) is 6.86. The molecule has 4 rings (SSSR count). The monoisotopic (exact) mass is 489 g/mol. The first-order valence-corrected chi connectivity index (χ1v) is 9.87. The number of fused-ring (bicyclic) bond motifs is 1. The molecule has 0 aliphatic carbocycles. The Morgan fingerprint density at radius 3 is 2.70 bits per heavy atom. The van der Waals surface area contributed by atoms with Crippen LogP contribution in [-0.4, -0.2) is 10.9 Å². The quantitative estimate of drug-likeness (QED) is 0.254. The van der Waals surface area contributed by atoms with Crippen LogP contribution in [0, 0.1) is 3.57 Å². The summed E-state index contributed by atoms with van der Waals surface area (Å²) in [7, 11) is 0. The summed E-state index contributed by atoms with van der Waals surface area (Å²) in [5, 5.41) is 3.03. The first kappa shape index (κ1) is 17.7. The molecule has 0 bridgehead atoms. The minimum atomic E-state index is -0.450. The van der Waals surface area contributed by atoms with Crippen molar-refractivity contribution in [3.05, 3.63) is 79.5 Å². The van der Waals surface area contributed by atoms with Crippen LogP contribution < -0.4 is 16.5 Å². The van der Waals surface area contributed by atoms with E-state index in [4.69, 9.17) is 4.42 Å². The van der Waals surface area contributed by atoms with E-state index in [0.717, 1.165) is 8.96 Å². The smallest absolute Gasteiger partial charge is 0.345 e. The number of benzene rings is 2. The molecule has 2 aromatic carbocycles. The van der Waals surface area contributed by atoms with E-state index in [2.05, 4.69) is 38.4 Å². The van der Waals surface area contributed by atoms with Crippen LogP contribution in [0.4, 0.5) is 5.13 Å². The van der Waals surface area contributed by atoms with Crippen LogP contribution in [0.2, 0.25) is 0 Å². The normalized spacial score (nSPS) is 10.7. The molecule has 2 N–H and O–H groups in total. The van der Waals surface area contributed by atoms with Gasteiger partial charge in [-0.05, 0) is 59.0 Å². The molecule has 134 valence electrons. The number of carbonyl (C=O) groups is 1. The summed E-state index contributed by atoms with van der Waals surface area (Å²) < 4.78 is 6.39. The summed E-state index contributed by atoms with van der Waals surface area (Å²) in [6.45, 7) is 0. The largest absolute Gasteiger partial charge is 0.422 e. The molecule has 8 heteroatoms. The average molecular weight is 489 g/mol. The second-order valence-corrected chi connectivity index (χ2v) is 7.71. The maximum absolute atomic E-state index is 12.2. The Balaban J connectivity index is 1.52. The van der Waals surface area contributed by atoms with E-state index in [0.29, 0.717) is 27.5 Å². The van der Waals surface area contributed by atoms with Gasteiger partial charge >= 0.3 is 5.63 Å². The van der Waals surface area contributed by atoms with Gasteiger partial charge in [0.25, 0.3) is 5.91 Å². The molecule has 0 atom stereocenters. The van der Waals surface area contributed by atoms with Crippen LogP contribution in [0.15, 0.2) is 69.2 Å². The average Bonchev–Trinajstić information content (AvgIpc) is 3.15. The number of hydrogen-bond donors (Lipinski definition) is 2. The Morgan fingerprint density at radius 2 is 1.89 bits per heavy atom. The molecule has 0 aliphatic rings. The SMILES string of the molecule is O=C(NNc1nc(-c2cc3ccccc3oc2=O)cs1)c1ccc(I)cc1. The highest BCUT2D eigenvalue weighted by Gasteiger charge is 2.12. The third-order valence-corrected chi connectivity index (χ3v) is 5.29. The molecular weight excluding hydrogens is 477 g/mol. The van der Waals surface area contributed by atoms with Crippen LogP contribution in [0.1, 0.15) is 10.4 Å². The van der Waals surface area contributed by atoms with Gasteiger partial charge in [0.2, 0.25) is 5.13 Å². The van der Waals surface area contributed by atoms with Gasteiger partial charge in [-0.25, -0.2) is 9.78 Å². The zero-order valence-electron chi connectivity index (χ0n) is 13.7. The highest BCUT2D eigenvalue weighted by atomic mass is 127. The maximum Gasteiger partial charge on any atom is 0.345 e. The zero-order chi connectivity index (χ0) is 18.8. The summed E-state index contributed by atoms with van der Waals surface area (Å²) in [5.74, 6) is -0.270. The number of anilines is 1. The molecule has 0 fully saturated rings. The van der Waals surface area contributed by atoms with E-state index in [1.807, 2.05) is 30.3 Å². The number of hydrogen-bond acceptors (Lipinski definition) is 6. The van der Waals surface area contributed by atoms with Crippen LogP contribution in [-0.2, 0) is 0 Å². The number of aromatic nitrogens is 1. The van der Waals surface area contributed by atoms with Gasteiger partial charge in [-0.2, -0.15) is 0 Å². The number of halogens is 1. The molecule has 2 aromatic heterocycles. The molecule has 0 aliphatic heterocycles. The van der Waals surface area contributed by atoms with E-state index >= 15 is 0 Å². The van der Waals surface area contributed by atoms with Crippen molar-refractivity contribution in [2.24, 2.45) is 0 Å². The Labute approximate surface area is 171 Å². The van der Waals surface area contributed by atoms with Crippen molar-refractivity contribution in [3.63, 3.8) is 0 Å². The number of para-hydroxylation sites is 1. The lowest BCUT2D eigenvalue weighted by Crippen LogP contribution is -2.29. The number of nitrogens with one attached hydrogen (secondary N) is 2. The van der Waals surface area contributed by atoms with E-state index < -0.39 is 5.63 Å². The van der Waals surface area contributed by atoms with Gasteiger partial charge in [-0.15, -0.1) is 11.3 Å². The van der Waals surface area contributed by atoms with Crippen molar-refractivity contribution >= 4 is 55.9 Å². The Bertz CT molecular complexity index is 1180. The Morgan fingerprint density at radius 1 is 1.11 bits per heavy atom. The lowest BCUT2D eigenvalue weighted by atomic mass is 10.1. The molecule has 2 heterocycles. The van der Waals surface area contributed by atoms with Crippen molar-refractivity contribution in [2.45, 2.75) is 0 Å². The fraction of sp³-hybridized carbons (Fsp3) is 0. The minimum absolute atomic E-state index is 0.270. The van der Waals surface area contributed by atoms with Crippen molar-refractivity contribution in [1.29, 1.82) is 0 Å². The number of amides is 1. The fourth-order valence-corrected chi connectivity index (χ4v) is 3.50. The molecule has 0 radical (unpaired) electrons. The lowest BCUT2D eigenvalue weighted by molar-refractivity contribution is 0.0962. The summed E-state index contributed by atoms with van der Waals surface area (Å²) in [6.07, 6.45) is 0. The Hall–Kier alpha value is -2.72. The number of nitrogens with zero attached hydrogens (tertiary/aromatic N) is 1. The maximum atomic E-state index is 12.2. The second-order valence-electron chi connectivity index (χ2n) is 5.61. The van der Waals surface area contributed by atoms with Gasteiger partial charge in [0.1, 0.15) is 5.58 Å². The number of rotatable bonds is 4. The third kappa shape index (κ3) is 3.86. The van der Waals surface area contributed by atoms with Crippen LogP contribution >= 0.6 is 33.9 Å². The predicted octanol–water partition coefficient (Wildman–Crippen LogP) is 4.28. The van der Waals surface area contributed by atoms with Crippen LogP contribution in [0.25, 0.3) is 22.2 Å². The summed E-state index contributed by atoms with van der Waals surface area (Å²) in [4.78, 5) is 28.7. The van der Waals surface area contributed by atoms with E-state index in [9.17, 15) is 9.59 Å². The Kier molecular flexibility index (Phi) is 4.90. The van der Waals surface area contributed by atoms with E-state index in [1.54, 1.807) is 29.6 Å². The van der Waals surface area contributed by atoms with Gasteiger partial charge in [-0.3, -0.25) is 15.6 Å². The number of thiazole rings is 1. The zero-order valence-corrected chi connectivity index (χ0v) is 16.7. The van der Waals surface area contributed by atoms with Gasteiger partial charge < -0.3 is 4.42 Å². The van der Waals surface area contributed by atoms with E-state index in [-0.39, 0.29) is 5.91 Å². The summed E-state index contributed by atoms with van der Waals surface area (Å²) in [6, 6.07) is 16.3. The topological polar surface area (TPSA) is 84.2 Å². The highest BCUT2D eigenvalue weighted by molar-refractivity contribution is 14.1. The molecule has 0 saturated heterocycles. The minimum Gasteiger partial charge on any atom is -0.422 e. The highest BCUT2D eigenvalue weighted by Crippen LogP contribution is 2.24. The third-order valence-electron chi connectivity index (χ3n) is 3.81. The second kappa shape index (κ2) is 7.49. The van der Waals surface area contributed by atoms with Crippen molar-refractivity contribution in [1.82, 2.24) is 10.4 Å². The molecule has 6 nitrogen and oxygen atoms in total. The van der Waals surface area contributed by atoms with E-state index in [1.165, 1.54) is 11.3 Å². The predicted molar refractivity (Wildman–Crippen MR) is 114 cm³/mol. The molecule has 0 unspecified atom stereocenters. The fourth-order valence-electron chi connectivity index (χ4n) is 2.48. The first-order chi connectivity index (χ1) is 13.1. The molecule has 0 spiro atoms. The van der Waals surface area contributed by atoms with Gasteiger partial charge in [0, 0.05) is 19.9 Å². The lowest BCUT2D eigenvalue weighted by Gasteiger charge is -2.05. The van der Waals surface area contributed by atoms with Crippen molar-refractivity contribution < 1.29 is 9.21 Å². The van der Waals surface area contributed by atoms with Crippen molar-refractivity contribution in [2.75, 3.05) is 5.43 Å².